The SMILES string of the molecule is C[C@H](c1ccccc1)N1CCC[C@@]1(C)C#N.C[C@H](c1ccccc1)N1CCC[C@]1(C)C#N. The second-order valence-electron chi connectivity index (χ2n) is 9.54. The second-order valence-corrected chi connectivity index (χ2v) is 9.54. The van der Waals surface area contributed by atoms with E-state index in [0.717, 1.165) is 38.8 Å². The second kappa shape index (κ2) is 10.3. The highest BCUT2D eigenvalue weighted by atomic mass is 15.2. The quantitative estimate of drug-likeness (QED) is 0.577. The number of nitrogens with zero attached hydrogens (tertiary/aromatic N) is 4. The minimum atomic E-state index is -0.282. The zero-order chi connectivity index (χ0) is 23.2. The number of hydrogen-bond donors (Lipinski definition) is 0. The molecule has 0 aromatic heterocycles. The molecule has 2 fully saturated rings. The summed E-state index contributed by atoms with van der Waals surface area (Å²) in [6.07, 6.45) is 4.23. The van der Waals surface area contributed by atoms with Crippen molar-refractivity contribution >= 4 is 0 Å². The third-order valence-electron chi connectivity index (χ3n) is 7.37. The maximum atomic E-state index is 9.30. The van der Waals surface area contributed by atoms with Crippen molar-refractivity contribution in [3.05, 3.63) is 71.8 Å². The molecule has 32 heavy (non-hydrogen) atoms. The Bertz CT molecular complexity index is 865. The molecule has 4 nitrogen and oxygen atoms in total. The molecule has 4 rings (SSSR count). The van der Waals surface area contributed by atoms with E-state index in [9.17, 15) is 10.5 Å². The first kappa shape index (κ1) is 24.0. The summed E-state index contributed by atoms with van der Waals surface area (Å²) in [5.74, 6) is 0. The molecule has 2 aliphatic rings. The maximum absolute atomic E-state index is 9.30. The van der Waals surface area contributed by atoms with Gasteiger partial charge in [-0.25, -0.2) is 0 Å². The largest absolute Gasteiger partial charge is 0.279 e. The molecule has 0 N–H and O–H groups in total. The average molecular weight is 429 g/mol. The summed E-state index contributed by atoms with van der Waals surface area (Å²) < 4.78 is 0. The van der Waals surface area contributed by atoms with Crippen molar-refractivity contribution in [2.75, 3.05) is 13.1 Å². The van der Waals surface area contributed by atoms with Gasteiger partial charge in [0.15, 0.2) is 0 Å². The normalized spacial score (nSPS) is 27.6. The van der Waals surface area contributed by atoms with Crippen LogP contribution in [-0.2, 0) is 0 Å². The van der Waals surface area contributed by atoms with Gasteiger partial charge in [0.05, 0.1) is 12.1 Å². The predicted octanol–water partition coefficient (Wildman–Crippen LogP) is 6.25. The van der Waals surface area contributed by atoms with Gasteiger partial charge >= 0.3 is 0 Å². The van der Waals surface area contributed by atoms with Gasteiger partial charge in [0.1, 0.15) is 11.1 Å². The van der Waals surface area contributed by atoms with Gasteiger partial charge in [0.2, 0.25) is 0 Å². The van der Waals surface area contributed by atoms with Crippen LogP contribution in [0, 0.1) is 22.7 Å². The smallest absolute Gasteiger partial charge is 0.106 e. The highest BCUT2D eigenvalue weighted by Crippen LogP contribution is 2.37. The molecule has 2 heterocycles. The number of hydrogen-bond acceptors (Lipinski definition) is 4. The molecule has 2 aromatic rings. The lowest BCUT2D eigenvalue weighted by atomic mass is 9.97. The van der Waals surface area contributed by atoms with Crippen LogP contribution >= 0.6 is 0 Å². The zero-order valence-electron chi connectivity index (χ0n) is 20.0. The monoisotopic (exact) mass is 428 g/mol. The van der Waals surface area contributed by atoms with Crippen LogP contribution in [-0.4, -0.2) is 34.0 Å². The Balaban J connectivity index is 0.000000181. The van der Waals surface area contributed by atoms with Crippen molar-refractivity contribution in [1.82, 2.24) is 9.80 Å². The molecule has 0 saturated carbocycles. The van der Waals surface area contributed by atoms with Gasteiger partial charge in [-0.1, -0.05) is 60.7 Å². The summed E-state index contributed by atoms with van der Waals surface area (Å²) in [6.45, 7) is 10.5. The Labute approximate surface area is 194 Å². The van der Waals surface area contributed by atoms with E-state index in [0.29, 0.717) is 12.1 Å². The van der Waals surface area contributed by atoms with Crippen LogP contribution in [0.1, 0.15) is 76.6 Å². The summed E-state index contributed by atoms with van der Waals surface area (Å²) in [5, 5.41) is 18.6. The van der Waals surface area contributed by atoms with Crippen LogP contribution in [0.5, 0.6) is 0 Å². The van der Waals surface area contributed by atoms with Crippen LogP contribution in [0.3, 0.4) is 0 Å². The first-order valence-electron chi connectivity index (χ1n) is 11.8. The molecule has 0 unspecified atom stereocenters. The van der Waals surface area contributed by atoms with E-state index in [2.05, 4.69) is 98.2 Å². The molecule has 168 valence electrons. The Hall–Kier alpha value is -2.66. The number of nitriles is 2. The highest BCUT2D eigenvalue weighted by Gasteiger charge is 2.40. The molecule has 2 saturated heterocycles. The Morgan fingerprint density at radius 3 is 1.34 bits per heavy atom. The Kier molecular flexibility index (Phi) is 7.73. The van der Waals surface area contributed by atoms with Crippen LogP contribution in [0.2, 0.25) is 0 Å². The van der Waals surface area contributed by atoms with Gasteiger partial charge in [-0.2, -0.15) is 10.5 Å². The van der Waals surface area contributed by atoms with Gasteiger partial charge in [-0.15, -0.1) is 0 Å². The maximum Gasteiger partial charge on any atom is 0.106 e. The van der Waals surface area contributed by atoms with Crippen molar-refractivity contribution in [2.24, 2.45) is 0 Å². The van der Waals surface area contributed by atoms with Crippen molar-refractivity contribution in [3.63, 3.8) is 0 Å². The Morgan fingerprint density at radius 2 is 1.03 bits per heavy atom. The molecule has 0 amide bonds. The Morgan fingerprint density at radius 1 is 0.688 bits per heavy atom. The fourth-order valence-corrected chi connectivity index (χ4v) is 5.27. The number of likely N-dealkylation sites (tertiary alicyclic amines) is 2. The first-order chi connectivity index (χ1) is 15.3. The van der Waals surface area contributed by atoms with E-state index in [-0.39, 0.29) is 11.1 Å². The van der Waals surface area contributed by atoms with Gasteiger partial charge in [0, 0.05) is 25.2 Å². The van der Waals surface area contributed by atoms with Crippen molar-refractivity contribution < 1.29 is 0 Å². The summed E-state index contributed by atoms with van der Waals surface area (Å²) in [5.41, 5.74) is 2.03. The molecular formula is C28H36N4. The number of benzene rings is 2. The summed E-state index contributed by atoms with van der Waals surface area (Å²) >= 11 is 0. The lowest BCUT2D eigenvalue weighted by molar-refractivity contribution is 0.154. The fourth-order valence-electron chi connectivity index (χ4n) is 5.27. The third-order valence-corrected chi connectivity index (χ3v) is 7.37. The van der Waals surface area contributed by atoms with E-state index in [1.807, 2.05) is 12.1 Å². The molecule has 4 atom stereocenters. The zero-order valence-corrected chi connectivity index (χ0v) is 20.0. The lowest BCUT2D eigenvalue weighted by Crippen LogP contribution is -2.41. The summed E-state index contributed by atoms with van der Waals surface area (Å²) in [4.78, 5) is 4.64. The predicted molar refractivity (Wildman–Crippen MR) is 130 cm³/mol. The topological polar surface area (TPSA) is 54.1 Å². The summed E-state index contributed by atoms with van der Waals surface area (Å²) in [7, 11) is 0. The number of rotatable bonds is 4. The minimum Gasteiger partial charge on any atom is -0.279 e. The van der Waals surface area contributed by atoms with Gasteiger partial charge in [0.25, 0.3) is 0 Å². The van der Waals surface area contributed by atoms with Crippen LogP contribution in [0.25, 0.3) is 0 Å². The van der Waals surface area contributed by atoms with Crippen LogP contribution in [0.15, 0.2) is 60.7 Å². The molecule has 0 aliphatic carbocycles. The molecule has 2 aliphatic heterocycles. The van der Waals surface area contributed by atoms with Gasteiger partial charge in [-0.05, 0) is 64.5 Å². The summed E-state index contributed by atoms with van der Waals surface area (Å²) in [6, 6.07) is 26.5. The standard InChI is InChI=1S/2C14H18N2/c2*1-12(13-7-4-3-5-8-13)16-10-6-9-14(16,2)11-15/h2*3-5,7-8,12H,6,9-10H2,1-2H3/t12-,14+;12-,14-/m11/s1. The van der Waals surface area contributed by atoms with Gasteiger partial charge in [-0.3, -0.25) is 9.80 Å². The first-order valence-corrected chi connectivity index (χ1v) is 11.8. The van der Waals surface area contributed by atoms with E-state index < -0.39 is 0 Å². The molecule has 4 heteroatoms. The molecule has 0 spiro atoms. The van der Waals surface area contributed by atoms with E-state index >= 15 is 0 Å². The van der Waals surface area contributed by atoms with Gasteiger partial charge < -0.3 is 0 Å². The third kappa shape index (κ3) is 5.04. The lowest BCUT2D eigenvalue weighted by Gasteiger charge is -2.34. The van der Waals surface area contributed by atoms with E-state index in [4.69, 9.17) is 0 Å². The average Bonchev–Trinajstić information content (AvgIpc) is 3.43. The van der Waals surface area contributed by atoms with Crippen molar-refractivity contribution in [3.8, 4) is 12.1 Å². The molecule has 2 aromatic carbocycles. The highest BCUT2D eigenvalue weighted by molar-refractivity contribution is 5.22. The van der Waals surface area contributed by atoms with Crippen LogP contribution < -0.4 is 0 Å². The van der Waals surface area contributed by atoms with E-state index in [1.165, 1.54) is 11.1 Å². The minimum absolute atomic E-state index is 0.282. The van der Waals surface area contributed by atoms with Crippen molar-refractivity contribution in [2.45, 2.75) is 76.5 Å². The molecule has 0 radical (unpaired) electrons. The fraction of sp³-hybridized carbons (Fsp3) is 0.500. The van der Waals surface area contributed by atoms with Crippen molar-refractivity contribution in [1.29, 1.82) is 10.5 Å². The molecule has 0 bridgehead atoms. The van der Waals surface area contributed by atoms with Crippen LogP contribution in [0.4, 0.5) is 0 Å². The van der Waals surface area contributed by atoms with E-state index in [1.54, 1.807) is 0 Å². The molecular weight excluding hydrogens is 392 g/mol.